The van der Waals surface area contributed by atoms with Crippen LogP contribution >= 0.6 is 11.5 Å². The van der Waals surface area contributed by atoms with Crippen LogP contribution in [0.1, 0.15) is 25.6 Å². The van der Waals surface area contributed by atoms with E-state index in [1.807, 2.05) is 13.8 Å². The van der Waals surface area contributed by atoms with Crippen LogP contribution in [0.3, 0.4) is 0 Å². The van der Waals surface area contributed by atoms with Gasteiger partial charge in [-0.2, -0.15) is 4.37 Å². The number of rotatable bonds is 8. The molecule has 0 bridgehead atoms. The number of benzene rings is 1. The van der Waals surface area contributed by atoms with Gasteiger partial charge in [0, 0.05) is 42.9 Å². The van der Waals surface area contributed by atoms with Crippen molar-refractivity contribution in [2.75, 3.05) is 30.0 Å². The highest BCUT2D eigenvalue weighted by molar-refractivity contribution is 7.90. The van der Waals surface area contributed by atoms with Gasteiger partial charge in [0.2, 0.25) is 5.13 Å². The van der Waals surface area contributed by atoms with Crippen LogP contribution in [0.15, 0.2) is 23.1 Å². The Morgan fingerprint density at radius 3 is 2.52 bits per heavy atom. The van der Waals surface area contributed by atoms with Gasteiger partial charge in [0.1, 0.15) is 11.5 Å². The fourth-order valence-electron chi connectivity index (χ4n) is 1.95. The molecule has 0 unspecified atom stereocenters. The Kier molecular flexibility index (Phi) is 5.90. The molecule has 0 saturated heterocycles. The van der Waals surface area contributed by atoms with E-state index in [0.29, 0.717) is 18.2 Å². The van der Waals surface area contributed by atoms with Crippen molar-refractivity contribution in [3.63, 3.8) is 0 Å². The van der Waals surface area contributed by atoms with E-state index in [1.54, 1.807) is 0 Å². The molecule has 0 radical (unpaired) electrons. The quantitative estimate of drug-likeness (QED) is 0.403. The minimum atomic E-state index is -3.50. The SMILES string of the molecule is CC(C)c1nsc(NCCNc2ccc(S(C)(=O)=O)cc2[N+](=O)[O-])n1. The van der Waals surface area contributed by atoms with E-state index < -0.39 is 14.8 Å². The van der Waals surface area contributed by atoms with Crippen LogP contribution < -0.4 is 10.6 Å². The van der Waals surface area contributed by atoms with Gasteiger partial charge in [-0.25, -0.2) is 13.4 Å². The monoisotopic (exact) mass is 385 g/mol. The van der Waals surface area contributed by atoms with Crippen molar-refractivity contribution < 1.29 is 13.3 Å². The number of anilines is 2. The predicted molar refractivity (Wildman–Crippen MR) is 97.2 cm³/mol. The van der Waals surface area contributed by atoms with Crippen molar-refractivity contribution in [2.24, 2.45) is 0 Å². The molecule has 0 aliphatic heterocycles. The van der Waals surface area contributed by atoms with Gasteiger partial charge in [-0.3, -0.25) is 10.1 Å². The smallest absolute Gasteiger partial charge is 0.293 e. The number of nitro groups is 1. The lowest BCUT2D eigenvalue weighted by atomic mass is 10.2. The minimum Gasteiger partial charge on any atom is -0.378 e. The van der Waals surface area contributed by atoms with E-state index in [1.165, 1.54) is 23.7 Å². The maximum absolute atomic E-state index is 11.5. The predicted octanol–water partition coefficient (Wildman–Crippen LogP) is 2.50. The highest BCUT2D eigenvalue weighted by atomic mass is 32.2. The Hall–Kier alpha value is -2.27. The molecule has 2 aromatic rings. The molecule has 11 heteroatoms. The third kappa shape index (κ3) is 5.10. The second-order valence-electron chi connectivity index (χ2n) is 5.67. The largest absolute Gasteiger partial charge is 0.378 e. The number of nitrogens with zero attached hydrogens (tertiary/aromatic N) is 3. The summed E-state index contributed by atoms with van der Waals surface area (Å²) < 4.78 is 27.3. The fourth-order valence-corrected chi connectivity index (χ4v) is 3.32. The molecular formula is C14H19N5O4S2. The number of nitrogens with one attached hydrogen (secondary N) is 2. The molecule has 0 aliphatic rings. The van der Waals surface area contributed by atoms with E-state index >= 15 is 0 Å². The molecule has 0 saturated carbocycles. The first-order valence-electron chi connectivity index (χ1n) is 7.48. The third-order valence-electron chi connectivity index (χ3n) is 3.27. The van der Waals surface area contributed by atoms with Gasteiger partial charge in [-0.05, 0) is 12.1 Å². The summed E-state index contributed by atoms with van der Waals surface area (Å²) in [5, 5.41) is 17.9. The normalized spacial score (nSPS) is 11.5. The first-order valence-corrected chi connectivity index (χ1v) is 10.1. The first kappa shape index (κ1) is 19.1. The number of hydrogen-bond donors (Lipinski definition) is 2. The van der Waals surface area contributed by atoms with Crippen LogP contribution in [0.5, 0.6) is 0 Å². The molecule has 0 amide bonds. The van der Waals surface area contributed by atoms with Crippen LogP contribution in [-0.2, 0) is 9.84 Å². The molecule has 1 aromatic heterocycles. The van der Waals surface area contributed by atoms with Gasteiger partial charge < -0.3 is 10.6 Å². The van der Waals surface area contributed by atoms with E-state index in [9.17, 15) is 18.5 Å². The van der Waals surface area contributed by atoms with Crippen molar-refractivity contribution in [3.05, 3.63) is 34.1 Å². The summed E-state index contributed by atoms with van der Waals surface area (Å²) >= 11 is 1.26. The van der Waals surface area contributed by atoms with Crippen molar-refractivity contribution in [1.82, 2.24) is 9.36 Å². The second-order valence-corrected chi connectivity index (χ2v) is 8.44. The molecule has 136 valence electrons. The van der Waals surface area contributed by atoms with E-state index in [0.717, 1.165) is 18.1 Å². The maximum atomic E-state index is 11.5. The van der Waals surface area contributed by atoms with Crippen molar-refractivity contribution >= 4 is 37.9 Å². The van der Waals surface area contributed by atoms with Crippen LogP contribution in [0.4, 0.5) is 16.5 Å². The lowest BCUT2D eigenvalue weighted by molar-refractivity contribution is -0.384. The molecule has 0 spiro atoms. The van der Waals surface area contributed by atoms with E-state index in [2.05, 4.69) is 20.0 Å². The zero-order chi connectivity index (χ0) is 18.6. The van der Waals surface area contributed by atoms with Gasteiger partial charge in [0.05, 0.1) is 9.82 Å². The van der Waals surface area contributed by atoms with Crippen LogP contribution in [0.2, 0.25) is 0 Å². The van der Waals surface area contributed by atoms with Gasteiger partial charge in [-0.15, -0.1) is 0 Å². The number of nitro benzene ring substituents is 1. The van der Waals surface area contributed by atoms with Gasteiger partial charge in [0.15, 0.2) is 9.84 Å². The van der Waals surface area contributed by atoms with E-state index in [4.69, 9.17) is 0 Å². The Balaban J connectivity index is 1.99. The summed E-state index contributed by atoms with van der Waals surface area (Å²) in [6.45, 7) is 4.90. The second kappa shape index (κ2) is 7.74. The summed E-state index contributed by atoms with van der Waals surface area (Å²) in [7, 11) is -3.50. The topological polar surface area (TPSA) is 127 Å². The molecular weight excluding hydrogens is 366 g/mol. The van der Waals surface area contributed by atoms with Crippen molar-refractivity contribution in [2.45, 2.75) is 24.7 Å². The molecule has 1 heterocycles. The summed E-state index contributed by atoms with van der Waals surface area (Å²) in [5.74, 6) is 1.02. The zero-order valence-electron chi connectivity index (χ0n) is 14.0. The zero-order valence-corrected chi connectivity index (χ0v) is 15.6. The summed E-state index contributed by atoms with van der Waals surface area (Å²) in [5.41, 5.74) is -0.0136. The average molecular weight is 385 g/mol. The summed E-state index contributed by atoms with van der Waals surface area (Å²) in [4.78, 5) is 14.8. The molecule has 0 aliphatic carbocycles. The number of hydrogen-bond acceptors (Lipinski definition) is 9. The lowest BCUT2D eigenvalue weighted by Crippen LogP contribution is -2.14. The van der Waals surface area contributed by atoms with Gasteiger partial charge >= 0.3 is 0 Å². The summed E-state index contributed by atoms with van der Waals surface area (Å²) in [6.07, 6.45) is 1.01. The van der Waals surface area contributed by atoms with Crippen molar-refractivity contribution in [1.29, 1.82) is 0 Å². The first-order chi connectivity index (χ1) is 11.7. The average Bonchev–Trinajstić information content (AvgIpc) is 2.99. The molecule has 9 nitrogen and oxygen atoms in total. The lowest BCUT2D eigenvalue weighted by Gasteiger charge is -2.08. The molecule has 1 aromatic carbocycles. The minimum absolute atomic E-state index is 0.0852. The Morgan fingerprint density at radius 1 is 1.28 bits per heavy atom. The molecule has 0 fully saturated rings. The molecule has 2 N–H and O–H groups in total. The number of sulfone groups is 1. The molecule has 0 atom stereocenters. The third-order valence-corrected chi connectivity index (χ3v) is 5.07. The Labute approximate surface area is 149 Å². The van der Waals surface area contributed by atoms with Crippen LogP contribution in [0, 0.1) is 10.1 Å². The van der Waals surface area contributed by atoms with Gasteiger partial charge in [0.25, 0.3) is 5.69 Å². The molecule has 2 rings (SSSR count). The highest BCUT2D eigenvalue weighted by Crippen LogP contribution is 2.27. The Morgan fingerprint density at radius 2 is 1.96 bits per heavy atom. The van der Waals surface area contributed by atoms with Crippen LogP contribution in [-0.4, -0.2) is 42.0 Å². The summed E-state index contributed by atoms with van der Waals surface area (Å²) in [6, 6.07) is 3.80. The Bertz CT molecular complexity index is 864. The standard InChI is InChI=1S/C14H19N5O4S2/c1-9(2)13-17-14(24-18-13)16-7-6-15-11-5-4-10(25(3,22)23)8-12(11)19(20)21/h4-5,8-9,15H,6-7H2,1-3H3,(H,16,17,18). The van der Waals surface area contributed by atoms with E-state index in [-0.39, 0.29) is 22.2 Å². The van der Waals surface area contributed by atoms with Crippen LogP contribution in [0.25, 0.3) is 0 Å². The highest BCUT2D eigenvalue weighted by Gasteiger charge is 2.18. The van der Waals surface area contributed by atoms with Gasteiger partial charge in [-0.1, -0.05) is 13.8 Å². The number of aromatic nitrogens is 2. The van der Waals surface area contributed by atoms with Crippen molar-refractivity contribution in [3.8, 4) is 0 Å². The fraction of sp³-hybridized carbons (Fsp3) is 0.429. The maximum Gasteiger partial charge on any atom is 0.293 e. The molecule has 25 heavy (non-hydrogen) atoms.